The molecule has 1 amide bonds. The van der Waals surface area contributed by atoms with E-state index in [4.69, 9.17) is 9.47 Å². The first-order valence-corrected chi connectivity index (χ1v) is 9.39. The van der Waals surface area contributed by atoms with Gasteiger partial charge in [-0.3, -0.25) is 4.79 Å². The van der Waals surface area contributed by atoms with E-state index < -0.39 is 5.60 Å². The first kappa shape index (κ1) is 19.6. The Morgan fingerprint density at radius 3 is 2.00 bits per heavy atom. The van der Waals surface area contributed by atoms with Crippen LogP contribution in [0.4, 0.5) is 0 Å². The molecule has 1 N–H and O–H groups in total. The molecule has 1 atom stereocenters. The van der Waals surface area contributed by atoms with Crippen LogP contribution in [0, 0.1) is 0 Å². The molecule has 3 aromatic carbocycles. The molecule has 4 heteroatoms. The van der Waals surface area contributed by atoms with Crippen molar-refractivity contribution in [3.05, 3.63) is 96.1 Å². The summed E-state index contributed by atoms with van der Waals surface area (Å²) in [4.78, 5) is 12.6. The van der Waals surface area contributed by atoms with E-state index in [0.717, 1.165) is 17.7 Å². The maximum absolute atomic E-state index is 12.6. The number of amides is 1. The molecule has 3 rings (SSSR count). The molecule has 0 aromatic heterocycles. The van der Waals surface area contributed by atoms with Crippen LogP contribution in [0.15, 0.2) is 84.9 Å². The second-order valence-corrected chi connectivity index (χ2v) is 6.54. The predicted octanol–water partition coefficient (Wildman–Crippen LogP) is 5.16. The molecule has 0 aliphatic carbocycles. The van der Waals surface area contributed by atoms with Crippen LogP contribution < -0.4 is 10.1 Å². The van der Waals surface area contributed by atoms with Gasteiger partial charge >= 0.3 is 0 Å². The Labute approximate surface area is 166 Å². The molecule has 1 unspecified atom stereocenters. The van der Waals surface area contributed by atoms with Gasteiger partial charge in [-0.2, -0.15) is 0 Å². The van der Waals surface area contributed by atoms with Gasteiger partial charge in [-0.25, -0.2) is 0 Å². The summed E-state index contributed by atoms with van der Waals surface area (Å²) >= 11 is 0. The maximum Gasteiger partial charge on any atom is 0.251 e. The maximum atomic E-state index is 12.6. The van der Waals surface area contributed by atoms with Crippen LogP contribution >= 0.6 is 0 Å². The summed E-state index contributed by atoms with van der Waals surface area (Å²) in [6, 6.07) is 26.6. The molecule has 0 heterocycles. The molecule has 144 valence electrons. The SMILES string of the molecule is CCC(CNC(=O)c1ccc(Oc2ccccc2)cc1)(OC)c1ccccc1. The fraction of sp³-hybridized carbons (Fsp3) is 0.208. The summed E-state index contributed by atoms with van der Waals surface area (Å²) in [7, 11) is 1.68. The van der Waals surface area contributed by atoms with Gasteiger partial charge in [0.1, 0.15) is 17.1 Å². The minimum atomic E-state index is -0.548. The van der Waals surface area contributed by atoms with Crippen LogP contribution in [0.2, 0.25) is 0 Å². The number of nitrogens with one attached hydrogen (secondary N) is 1. The minimum absolute atomic E-state index is 0.142. The Bertz CT molecular complexity index is 873. The van der Waals surface area contributed by atoms with E-state index >= 15 is 0 Å². The standard InChI is InChI=1S/C24H25NO3/c1-3-24(27-2,20-10-6-4-7-11-20)18-25-23(26)19-14-16-22(17-15-19)28-21-12-8-5-9-13-21/h4-17H,3,18H2,1-2H3,(H,25,26). The van der Waals surface area contributed by atoms with Gasteiger partial charge in [-0.1, -0.05) is 55.5 Å². The van der Waals surface area contributed by atoms with Crippen LogP contribution in [0.1, 0.15) is 29.3 Å². The summed E-state index contributed by atoms with van der Waals surface area (Å²) < 4.78 is 11.6. The normalized spacial score (nSPS) is 12.8. The van der Waals surface area contributed by atoms with Crippen LogP contribution in [0.5, 0.6) is 11.5 Å². The summed E-state index contributed by atoms with van der Waals surface area (Å²) in [6.45, 7) is 2.45. The van der Waals surface area contributed by atoms with Crippen molar-refractivity contribution >= 4 is 5.91 Å². The highest BCUT2D eigenvalue weighted by atomic mass is 16.5. The summed E-state index contributed by atoms with van der Waals surface area (Å²) in [5.41, 5.74) is 1.08. The lowest BCUT2D eigenvalue weighted by molar-refractivity contribution is -0.0164. The Morgan fingerprint density at radius 1 is 0.857 bits per heavy atom. The highest BCUT2D eigenvalue weighted by Gasteiger charge is 2.30. The minimum Gasteiger partial charge on any atom is -0.457 e. The fourth-order valence-corrected chi connectivity index (χ4v) is 3.13. The Balaban J connectivity index is 1.65. The van der Waals surface area contributed by atoms with Crippen molar-refractivity contribution in [3.63, 3.8) is 0 Å². The molecular formula is C24H25NO3. The van der Waals surface area contributed by atoms with E-state index in [1.807, 2.05) is 60.7 Å². The number of hydrogen-bond acceptors (Lipinski definition) is 3. The zero-order chi connectivity index (χ0) is 19.8. The molecule has 0 fully saturated rings. The zero-order valence-corrected chi connectivity index (χ0v) is 16.2. The van der Waals surface area contributed by atoms with E-state index in [1.165, 1.54) is 0 Å². The second kappa shape index (κ2) is 9.20. The quantitative estimate of drug-likeness (QED) is 0.591. The van der Waals surface area contributed by atoms with Crippen LogP contribution in [-0.4, -0.2) is 19.6 Å². The van der Waals surface area contributed by atoms with E-state index in [9.17, 15) is 4.79 Å². The molecule has 0 saturated carbocycles. The molecule has 28 heavy (non-hydrogen) atoms. The molecule has 0 aliphatic rings. The molecule has 0 saturated heterocycles. The van der Waals surface area contributed by atoms with Gasteiger partial charge in [-0.15, -0.1) is 0 Å². The van der Waals surface area contributed by atoms with Crippen molar-refractivity contribution < 1.29 is 14.3 Å². The summed E-state index contributed by atoms with van der Waals surface area (Å²) in [5.74, 6) is 1.30. The number of methoxy groups -OCH3 is 1. The lowest BCUT2D eigenvalue weighted by Gasteiger charge is -2.32. The van der Waals surface area contributed by atoms with Crippen LogP contribution in [0.25, 0.3) is 0 Å². The van der Waals surface area contributed by atoms with Crippen molar-refractivity contribution in [2.45, 2.75) is 18.9 Å². The number of benzene rings is 3. The molecular weight excluding hydrogens is 350 g/mol. The van der Waals surface area contributed by atoms with Crippen molar-refractivity contribution in [1.82, 2.24) is 5.32 Å². The lowest BCUT2D eigenvalue weighted by Crippen LogP contribution is -2.41. The van der Waals surface area contributed by atoms with Gasteiger partial charge in [0.2, 0.25) is 0 Å². The zero-order valence-electron chi connectivity index (χ0n) is 16.2. The van der Waals surface area contributed by atoms with Gasteiger partial charge in [0, 0.05) is 12.7 Å². The topological polar surface area (TPSA) is 47.6 Å². The highest BCUT2D eigenvalue weighted by Crippen LogP contribution is 2.28. The highest BCUT2D eigenvalue weighted by molar-refractivity contribution is 5.94. The third-order valence-electron chi connectivity index (χ3n) is 4.89. The van der Waals surface area contributed by atoms with Crippen LogP contribution in [0.3, 0.4) is 0 Å². The first-order valence-electron chi connectivity index (χ1n) is 9.39. The number of para-hydroxylation sites is 1. The van der Waals surface area contributed by atoms with E-state index in [-0.39, 0.29) is 5.91 Å². The van der Waals surface area contributed by atoms with Gasteiger partial charge in [-0.05, 0) is 48.4 Å². The van der Waals surface area contributed by atoms with Crippen molar-refractivity contribution in [3.8, 4) is 11.5 Å². The fourth-order valence-electron chi connectivity index (χ4n) is 3.13. The van der Waals surface area contributed by atoms with Crippen molar-refractivity contribution in [2.75, 3.05) is 13.7 Å². The number of rotatable bonds is 8. The van der Waals surface area contributed by atoms with E-state index in [0.29, 0.717) is 17.9 Å². The molecule has 0 spiro atoms. The van der Waals surface area contributed by atoms with Crippen LogP contribution in [-0.2, 0) is 10.3 Å². The molecule has 3 aromatic rings. The smallest absolute Gasteiger partial charge is 0.251 e. The Morgan fingerprint density at radius 2 is 1.43 bits per heavy atom. The molecule has 0 aliphatic heterocycles. The van der Waals surface area contributed by atoms with Crippen molar-refractivity contribution in [2.24, 2.45) is 0 Å². The average molecular weight is 375 g/mol. The first-order chi connectivity index (χ1) is 13.7. The largest absolute Gasteiger partial charge is 0.457 e. The molecule has 4 nitrogen and oxygen atoms in total. The van der Waals surface area contributed by atoms with Gasteiger partial charge in [0.15, 0.2) is 0 Å². The number of ether oxygens (including phenoxy) is 2. The van der Waals surface area contributed by atoms with Gasteiger partial charge in [0.25, 0.3) is 5.91 Å². The Kier molecular flexibility index (Phi) is 6.45. The molecule has 0 radical (unpaired) electrons. The third kappa shape index (κ3) is 4.59. The Hall–Kier alpha value is -3.11. The number of hydrogen-bond donors (Lipinski definition) is 1. The van der Waals surface area contributed by atoms with Gasteiger partial charge < -0.3 is 14.8 Å². The van der Waals surface area contributed by atoms with E-state index in [1.54, 1.807) is 31.4 Å². The summed E-state index contributed by atoms with van der Waals surface area (Å²) in [6.07, 6.45) is 0.748. The number of carbonyl (C=O) groups is 1. The number of carbonyl (C=O) groups excluding carboxylic acids is 1. The average Bonchev–Trinajstić information content (AvgIpc) is 2.77. The van der Waals surface area contributed by atoms with Gasteiger partial charge in [0.05, 0.1) is 6.54 Å². The second-order valence-electron chi connectivity index (χ2n) is 6.54. The lowest BCUT2D eigenvalue weighted by atomic mass is 9.90. The van der Waals surface area contributed by atoms with Crippen molar-refractivity contribution in [1.29, 1.82) is 0 Å². The third-order valence-corrected chi connectivity index (χ3v) is 4.89. The van der Waals surface area contributed by atoms with E-state index in [2.05, 4.69) is 12.2 Å². The molecule has 0 bridgehead atoms. The predicted molar refractivity (Wildman–Crippen MR) is 111 cm³/mol. The monoisotopic (exact) mass is 375 g/mol. The summed E-state index contributed by atoms with van der Waals surface area (Å²) in [5, 5.41) is 3.00.